The number of hydrogen-bond donors (Lipinski definition) is 2. The molecule has 2 N–H and O–H groups in total. The molecule has 1 aromatic carbocycles. The number of aromatic nitrogens is 1. The Kier molecular flexibility index (Phi) is 4.93. The van der Waals surface area contributed by atoms with E-state index in [1.165, 1.54) is 18.3 Å². The number of benzene rings is 1. The van der Waals surface area contributed by atoms with Gasteiger partial charge in [0.1, 0.15) is 5.82 Å². The molecule has 1 atom stereocenters. The van der Waals surface area contributed by atoms with E-state index in [0.29, 0.717) is 12.4 Å². The van der Waals surface area contributed by atoms with Crippen LogP contribution in [0.25, 0.3) is 0 Å². The summed E-state index contributed by atoms with van der Waals surface area (Å²) in [6, 6.07) is 12.2. The number of pyridine rings is 1. The highest BCUT2D eigenvalue weighted by Crippen LogP contribution is 2.18. The molecule has 6 heteroatoms. The topological polar surface area (TPSA) is 71.1 Å². The predicted molar refractivity (Wildman–Crippen MR) is 83.6 cm³/mol. The van der Waals surface area contributed by atoms with Gasteiger partial charge in [-0.2, -0.15) is 0 Å². The Bertz CT molecular complexity index is 687. The molecule has 0 fully saturated rings. The first-order valence-electron chi connectivity index (χ1n) is 6.80. The van der Waals surface area contributed by atoms with E-state index in [-0.39, 0.29) is 10.9 Å². The van der Waals surface area contributed by atoms with Crippen LogP contribution in [0.3, 0.4) is 0 Å². The number of nitrogens with zero attached hydrogens (tertiary/aromatic N) is 1. The zero-order valence-corrected chi connectivity index (χ0v) is 12.9. The fourth-order valence-corrected chi connectivity index (χ4v) is 3.21. The maximum atomic E-state index is 12.4. The largest absolute Gasteiger partial charge is 0.370 e. The van der Waals surface area contributed by atoms with Gasteiger partial charge < -0.3 is 5.32 Å². The van der Waals surface area contributed by atoms with Crippen molar-refractivity contribution in [1.29, 1.82) is 0 Å². The van der Waals surface area contributed by atoms with Gasteiger partial charge in [-0.15, -0.1) is 0 Å². The quantitative estimate of drug-likeness (QED) is 0.860. The zero-order valence-electron chi connectivity index (χ0n) is 12.1. The van der Waals surface area contributed by atoms with Gasteiger partial charge in [-0.25, -0.2) is 18.1 Å². The van der Waals surface area contributed by atoms with Crippen LogP contribution in [-0.2, 0) is 10.0 Å². The molecule has 112 valence electrons. The van der Waals surface area contributed by atoms with Crippen molar-refractivity contribution < 1.29 is 8.42 Å². The van der Waals surface area contributed by atoms with Crippen LogP contribution in [0.1, 0.15) is 25.5 Å². The van der Waals surface area contributed by atoms with E-state index < -0.39 is 10.0 Å². The van der Waals surface area contributed by atoms with Gasteiger partial charge in [0.2, 0.25) is 10.0 Å². The summed E-state index contributed by atoms with van der Waals surface area (Å²) in [6.07, 6.45) is 1.49. The summed E-state index contributed by atoms with van der Waals surface area (Å²) in [5.41, 5.74) is 0.919. The van der Waals surface area contributed by atoms with Gasteiger partial charge in [0.25, 0.3) is 0 Å². The first-order chi connectivity index (χ1) is 10.0. The van der Waals surface area contributed by atoms with Crippen molar-refractivity contribution in [2.45, 2.75) is 24.8 Å². The summed E-state index contributed by atoms with van der Waals surface area (Å²) in [6.45, 7) is 4.43. The minimum atomic E-state index is -3.58. The van der Waals surface area contributed by atoms with Crippen LogP contribution in [0.15, 0.2) is 53.6 Å². The van der Waals surface area contributed by atoms with Crippen molar-refractivity contribution in [2.75, 3.05) is 11.9 Å². The van der Waals surface area contributed by atoms with Crippen molar-refractivity contribution in [3.63, 3.8) is 0 Å². The van der Waals surface area contributed by atoms with Crippen molar-refractivity contribution in [1.82, 2.24) is 9.71 Å². The minimum Gasteiger partial charge on any atom is -0.370 e. The lowest BCUT2D eigenvalue weighted by molar-refractivity contribution is 0.567. The summed E-state index contributed by atoms with van der Waals surface area (Å²) < 4.78 is 27.5. The molecule has 21 heavy (non-hydrogen) atoms. The summed E-state index contributed by atoms with van der Waals surface area (Å²) in [5.74, 6) is 0.549. The normalized spacial score (nSPS) is 12.9. The predicted octanol–water partition coefficient (Wildman–Crippen LogP) is 2.55. The molecule has 1 aromatic heterocycles. The van der Waals surface area contributed by atoms with E-state index in [1.807, 2.05) is 44.2 Å². The molecule has 0 saturated carbocycles. The van der Waals surface area contributed by atoms with E-state index in [9.17, 15) is 8.42 Å². The maximum absolute atomic E-state index is 12.4. The number of rotatable bonds is 6. The Labute approximate surface area is 125 Å². The Morgan fingerprint density at radius 2 is 1.90 bits per heavy atom. The summed E-state index contributed by atoms with van der Waals surface area (Å²) in [5, 5.41) is 3.00. The average molecular weight is 305 g/mol. The lowest BCUT2D eigenvalue weighted by Crippen LogP contribution is -2.27. The van der Waals surface area contributed by atoms with Gasteiger partial charge >= 0.3 is 0 Å². The Hall–Kier alpha value is -1.92. The lowest BCUT2D eigenvalue weighted by atomic mass is 10.1. The van der Waals surface area contributed by atoms with E-state index in [0.717, 1.165) is 5.56 Å². The number of sulfonamides is 1. The van der Waals surface area contributed by atoms with Gasteiger partial charge in [-0.05, 0) is 25.5 Å². The fraction of sp³-hybridized carbons (Fsp3) is 0.267. The van der Waals surface area contributed by atoms with Crippen LogP contribution in [0, 0.1) is 0 Å². The second kappa shape index (κ2) is 6.69. The third kappa shape index (κ3) is 4.03. The molecule has 0 spiro atoms. The second-order valence-corrected chi connectivity index (χ2v) is 6.37. The van der Waals surface area contributed by atoms with Gasteiger partial charge in [0.05, 0.1) is 4.90 Å². The fourth-order valence-electron chi connectivity index (χ4n) is 1.97. The monoisotopic (exact) mass is 305 g/mol. The number of nitrogens with one attached hydrogen (secondary N) is 2. The molecule has 0 saturated heterocycles. The number of anilines is 1. The smallest absolute Gasteiger partial charge is 0.241 e. The second-order valence-electron chi connectivity index (χ2n) is 4.66. The zero-order chi connectivity index (χ0) is 15.3. The highest BCUT2D eigenvalue weighted by atomic mass is 32.2. The Morgan fingerprint density at radius 1 is 1.19 bits per heavy atom. The molecule has 2 aromatic rings. The number of hydrogen-bond acceptors (Lipinski definition) is 4. The first-order valence-corrected chi connectivity index (χ1v) is 8.28. The molecule has 0 aliphatic heterocycles. The van der Waals surface area contributed by atoms with Crippen LogP contribution < -0.4 is 10.0 Å². The molecule has 1 unspecified atom stereocenters. The van der Waals surface area contributed by atoms with Crippen LogP contribution >= 0.6 is 0 Å². The molecular weight excluding hydrogens is 286 g/mol. The van der Waals surface area contributed by atoms with Crippen LogP contribution in [0.5, 0.6) is 0 Å². The maximum Gasteiger partial charge on any atom is 0.241 e. The lowest BCUT2D eigenvalue weighted by Gasteiger charge is -2.15. The van der Waals surface area contributed by atoms with Gasteiger partial charge in [0, 0.05) is 24.8 Å². The molecule has 1 heterocycles. The molecule has 5 nitrogen and oxygen atoms in total. The van der Waals surface area contributed by atoms with E-state index in [2.05, 4.69) is 15.0 Å². The molecule has 0 bridgehead atoms. The average Bonchev–Trinajstić information content (AvgIpc) is 2.48. The third-order valence-electron chi connectivity index (χ3n) is 3.03. The summed E-state index contributed by atoms with van der Waals surface area (Å²) in [7, 11) is -3.58. The summed E-state index contributed by atoms with van der Waals surface area (Å²) in [4.78, 5) is 4.28. The van der Waals surface area contributed by atoms with Crippen molar-refractivity contribution in [3.8, 4) is 0 Å². The van der Waals surface area contributed by atoms with E-state index in [4.69, 9.17) is 0 Å². The van der Waals surface area contributed by atoms with Gasteiger partial charge in [-0.1, -0.05) is 30.3 Å². The standard InChI is InChI=1S/C15H19N3O2S/c1-3-16-15-11-14(9-10-17-15)21(19,20)18-12(2)13-7-5-4-6-8-13/h4-12,18H,3H2,1-2H3,(H,16,17). The summed E-state index contributed by atoms with van der Waals surface area (Å²) >= 11 is 0. The highest BCUT2D eigenvalue weighted by molar-refractivity contribution is 7.89. The Balaban J connectivity index is 2.20. The molecule has 0 aliphatic rings. The molecule has 0 radical (unpaired) electrons. The van der Waals surface area contributed by atoms with Gasteiger partial charge in [0.15, 0.2) is 0 Å². The minimum absolute atomic E-state index is 0.205. The van der Waals surface area contributed by atoms with Crippen molar-refractivity contribution in [2.24, 2.45) is 0 Å². The van der Waals surface area contributed by atoms with Crippen molar-refractivity contribution in [3.05, 3.63) is 54.2 Å². The van der Waals surface area contributed by atoms with E-state index in [1.54, 1.807) is 0 Å². The Morgan fingerprint density at radius 3 is 2.57 bits per heavy atom. The molecular formula is C15H19N3O2S. The molecule has 0 amide bonds. The van der Waals surface area contributed by atoms with Crippen molar-refractivity contribution >= 4 is 15.8 Å². The van der Waals surface area contributed by atoms with Crippen LogP contribution in [-0.4, -0.2) is 19.9 Å². The molecule has 0 aliphatic carbocycles. The van der Waals surface area contributed by atoms with Crippen LogP contribution in [0.2, 0.25) is 0 Å². The SMILES string of the molecule is CCNc1cc(S(=O)(=O)NC(C)c2ccccc2)ccn1. The van der Waals surface area contributed by atoms with Crippen LogP contribution in [0.4, 0.5) is 5.82 Å². The van der Waals surface area contributed by atoms with E-state index >= 15 is 0 Å². The van der Waals surface area contributed by atoms with Gasteiger partial charge in [-0.3, -0.25) is 0 Å². The molecule has 2 rings (SSSR count). The first kappa shape index (κ1) is 15.5. The highest BCUT2D eigenvalue weighted by Gasteiger charge is 2.18. The third-order valence-corrected chi connectivity index (χ3v) is 4.57.